The van der Waals surface area contributed by atoms with Gasteiger partial charge in [0.05, 0.1) is 6.04 Å². The van der Waals surface area contributed by atoms with Crippen molar-refractivity contribution in [2.24, 2.45) is 5.92 Å². The van der Waals surface area contributed by atoms with Gasteiger partial charge in [0.1, 0.15) is 30.3 Å². The maximum absolute atomic E-state index is 13.5. The Morgan fingerprint density at radius 3 is 2.35 bits per heavy atom. The highest BCUT2D eigenvalue weighted by Gasteiger charge is 2.31. The van der Waals surface area contributed by atoms with Crippen LogP contribution in [0.5, 0.6) is 5.75 Å². The molecule has 40 heavy (non-hydrogen) atoms. The van der Waals surface area contributed by atoms with E-state index in [1.54, 1.807) is 12.1 Å². The second-order valence-electron chi connectivity index (χ2n) is 10.8. The Labute approximate surface area is 236 Å². The molecule has 3 amide bonds. The van der Waals surface area contributed by atoms with E-state index in [-0.39, 0.29) is 29.5 Å². The number of amides is 3. The van der Waals surface area contributed by atoms with Crippen LogP contribution in [0.3, 0.4) is 0 Å². The zero-order valence-corrected chi connectivity index (χ0v) is 24.0. The van der Waals surface area contributed by atoms with Gasteiger partial charge in [-0.2, -0.15) is 0 Å². The number of rotatable bonds is 5. The number of halogens is 1. The van der Waals surface area contributed by atoms with Crippen molar-refractivity contribution in [2.75, 3.05) is 19.7 Å². The monoisotopic (exact) mass is 554 g/mol. The van der Waals surface area contributed by atoms with Crippen molar-refractivity contribution in [3.8, 4) is 5.75 Å². The van der Waals surface area contributed by atoms with E-state index >= 15 is 0 Å². The van der Waals surface area contributed by atoms with Crippen molar-refractivity contribution < 1.29 is 23.5 Å². The normalized spacial score (nSPS) is 23.6. The number of benzene rings is 2. The average Bonchev–Trinajstić information content (AvgIpc) is 2.93. The van der Waals surface area contributed by atoms with Crippen LogP contribution >= 0.6 is 0 Å². The molecule has 9 heteroatoms. The molecule has 0 bridgehead atoms. The Balaban J connectivity index is 1.88. The lowest BCUT2D eigenvalue weighted by Gasteiger charge is -2.28. The second kappa shape index (κ2) is 15.4. The number of ether oxygens (including phenoxy) is 1. The quantitative estimate of drug-likeness (QED) is 0.453. The van der Waals surface area contributed by atoms with Gasteiger partial charge in [-0.05, 0) is 60.4 Å². The van der Waals surface area contributed by atoms with Crippen LogP contribution in [-0.4, -0.2) is 55.5 Å². The van der Waals surface area contributed by atoms with Gasteiger partial charge in [0, 0.05) is 13.1 Å². The van der Waals surface area contributed by atoms with Crippen molar-refractivity contribution in [1.29, 1.82) is 0 Å². The summed E-state index contributed by atoms with van der Waals surface area (Å²) in [6.07, 6.45) is 2.20. The van der Waals surface area contributed by atoms with E-state index in [2.05, 4.69) is 28.2 Å². The lowest BCUT2D eigenvalue weighted by molar-refractivity contribution is -0.133. The van der Waals surface area contributed by atoms with Crippen LogP contribution in [0.25, 0.3) is 0 Å². The molecule has 0 aliphatic carbocycles. The van der Waals surface area contributed by atoms with E-state index in [1.807, 2.05) is 45.0 Å². The van der Waals surface area contributed by atoms with Gasteiger partial charge in [-0.25, -0.2) is 4.39 Å². The molecule has 218 valence electrons. The summed E-state index contributed by atoms with van der Waals surface area (Å²) in [4.78, 5) is 39.9. The van der Waals surface area contributed by atoms with E-state index in [0.29, 0.717) is 45.4 Å². The van der Waals surface area contributed by atoms with Crippen LogP contribution in [-0.2, 0) is 20.8 Å². The molecule has 0 saturated heterocycles. The summed E-state index contributed by atoms with van der Waals surface area (Å²) in [7, 11) is 0. The van der Waals surface area contributed by atoms with Crippen LogP contribution in [0.1, 0.15) is 64.0 Å². The van der Waals surface area contributed by atoms with E-state index in [9.17, 15) is 18.8 Å². The molecular weight excluding hydrogens is 511 g/mol. The molecule has 4 N–H and O–H groups in total. The highest BCUT2D eigenvalue weighted by atomic mass is 19.1. The van der Waals surface area contributed by atoms with E-state index in [0.717, 1.165) is 16.9 Å². The maximum atomic E-state index is 13.5. The fraction of sp³-hybridized carbons (Fsp3) is 0.516. The van der Waals surface area contributed by atoms with Gasteiger partial charge >= 0.3 is 0 Å². The zero-order valence-electron chi connectivity index (χ0n) is 24.0. The van der Waals surface area contributed by atoms with Gasteiger partial charge in [-0.3, -0.25) is 14.4 Å². The Hall–Kier alpha value is -3.46. The van der Waals surface area contributed by atoms with Crippen molar-refractivity contribution in [2.45, 2.75) is 77.4 Å². The number of para-hydroxylation sites is 1. The number of fused-ring (bicyclic) bond motifs is 1. The zero-order chi connectivity index (χ0) is 29.1. The second-order valence-corrected chi connectivity index (χ2v) is 10.8. The van der Waals surface area contributed by atoms with Crippen molar-refractivity contribution >= 4 is 17.7 Å². The number of carbonyl (C=O) groups excluding carboxylic acids is 3. The summed E-state index contributed by atoms with van der Waals surface area (Å²) >= 11 is 0. The van der Waals surface area contributed by atoms with Crippen LogP contribution < -0.4 is 26.0 Å². The number of hydrogen-bond acceptors (Lipinski definition) is 5. The molecule has 2 aromatic carbocycles. The fourth-order valence-electron chi connectivity index (χ4n) is 4.83. The first-order chi connectivity index (χ1) is 19.2. The van der Waals surface area contributed by atoms with Gasteiger partial charge in [0.2, 0.25) is 17.7 Å². The minimum atomic E-state index is -0.834. The van der Waals surface area contributed by atoms with Crippen LogP contribution in [0, 0.1) is 11.7 Å². The largest absolute Gasteiger partial charge is 0.492 e. The Morgan fingerprint density at radius 2 is 1.65 bits per heavy atom. The maximum Gasteiger partial charge on any atom is 0.243 e. The smallest absolute Gasteiger partial charge is 0.243 e. The summed E-state index contributed by atoms with van der Waals surface area (Å²) in [5, 5.41) is 12.0. The minimum Gasteiger partial charge on any atom is -0.492 e. The predicted octanol–water partition coefficient (Wildman–Crippen LogP) is 3.45. The Bertz CT molecular complexity index is 1120. The third kappa shape index (κ3) is 9.05. The molecule has 0 aromatic heterocycles. The molecular formula is C31H43FN4O4. The number of carbonyl (C=O) groups is 3. The Kier molecular flexibility index (Phi) is 11.9. The molecule has 3 rings (SSSR count). The molecule has 0 radical (unpaired) electrons. The molecule has 0 saturated carbocycles. The number of hydrogen-bond donors (Lipinski definition) is 4. The lowest BCUT2D eigenvalue weighted by Crippen LogP contribution is -2.58. The molecule has 2 aromatic rings. The van der Waals surface area contributed by atoms with Gasteiger partial charge < -0.3 is 26.0 Å². The van der Waals surface area contributed by atoms with Crippen LogP contribution in [0.15, 0.2) is 48.5 Å². The summed E-state index contributed by atoms with van der Waals surface area (Å²) in [6, 6.07) is 11.6. The highest BCUT2D eigenvalue weighted by Crippen LogP contribution is 2.28. The lowest BCUT2D eigenvalue weighted by atomic mass is 9.96. The summed E-state index contributed by atoms with van der Waals surface area (Å²) in [6.45, 7) is 8.90. The van der Waals surface area contributed by atoms with Gasteiger partial charge in [-0.1, -0.05) is 64.4 Å². The van der Waals surface area contributed by atoms with E-state index in [4.69, 9.17) is 4.74 Å². The van der Waals surface area contributed by atoms with Gasteiger partial charge in [-0.15, -0.1) is 0 Å². The molecule has 1 heterocycles. The molecule has 1 aliphatic rings. The van der Waals surface area contributed by atoms with E-state index < -0.39 is 24.0 Å². The molecule has 8 nitrogen and oxygen atoms in total. The molecule has 0 spiro atoms. The van der Waals surface area contributed by atoms with Gasteiger partial charge in [0.15, 0.2) is 0 Å². The van der Waals surface area contributed by atoms with Crippen molar-refractivity contribution in [1.82, 2.24) is 21.3 Å². The Morgan fingerprint density at radius 1 is 0.925 bits per heavy atom. The van der Waals surface area contributed by atoms with Crippen LogP contribution in [0.2, 0.25) is 0 Å². The van der Waals surface area contributed by atoms with Crippen LogP contribution in [0.4, 0.5) is 4.39 Å². The third-order valence-electron chi connectivity index (χ3n) is 7.20. The SMILES string of the molecule is CCC[C@@H]1NC(=O)[C@@H](C(C)C)NC(=O)[C@@H](Cc2ccc(F)cc2)NCCOc2ccccc2C(C)CCNC1=O. The van der Waals surface area contributed by atoms with Crippen molar-refractivity contribution in [3.63, 3.8) is 0 Å². The molecule has 4 atom stereocenters. The minimum absolute atomic E-state index is 0.130. The predicted molar refractivity (Wildman–Crippen MR) is 153 cm³/mol. The third-order valence-corrected chi connectivity index (χ3v) is 7.20. The average molecular weight is 555 g/mol. The molecule has 0 fully saturated rings. The summed E-state index contributed by atoms with van der Waals surface area (Å²) in [5.41, 5.74) is 1.82. The fourth-order valence-corrected chi connectivity index (χ4v) is 4.83. The molecule has 1 unspecified atom stereocenters. The first-order valence-corrected chi connectivity index (χ1v) is 14.3. The summed E-state index contributed by atoms with van der Waals surface area (Å²) < 4.78 is 19.6. The van der Waals surface area contributed by atoms with Gasteiger partial charge in [0.25, 0.3) is 0 Å². The first kappa shape index (κ1) is 31.1. The highest BCUT2D eigenvalue weighted by molar-refractivity contribution is 5.93. The van der Waals surface area contributed by atoms with Crippen molar-refractivity contribution in [3.05, 3.63) is 65.5 Å². The van der Waals surface area contributed by atoms with E-state index in [1.165, 1.54) is 12.1 Å². The summed E-state index contributed by atoms with van der Waals surface area (Å²) in [5.74, 6) is -0.669. The number of nitrogens with one attached hydrogen (secondary N) is 4. The standard InChI is InChI=1S/C31H43FN4O4/c1-5-8-25-29(37)34-16-15-21(4)24-9-6-7-10-27(24)40-18-17-33-26(19-22-11-13-23(32)14-12-22)30(38)36-28(20(2)3)31(39)35-25/h6-7,9-14,20-21,25-26,28,33H,5,8,15-19H2,1-4H3,(H,34,37)(H,35,39)(H,36,38)/t21?,25-,26+,28+/m0/s1. The molecule has 1 aliphatic heterocycles. The first-order valence-electron chi connectivity index (χ1n) is 14.3. The topological polar surface area (TPSA) is 109 Å².